The molecule has 21 heavy (non-hydrogen) atoms. The van der Waals surface area contributed by atoms with Crippen LogP contribution in [0.25, 0.3) is 0 Å². The van der Waals surface area contributed by atoms with Gasteiger partial charge in [-0.25, -0.2) is 0 Å². The molecule has 1 unspecified atom stereocenters. The molecule has 0 saturated heterocycles. The number of hydrogen-bond donors (Lipinski definition) is 0. The van der Waals surface area contributed by atoms with E-state index in [-0.39, 0.29) is 4.83 Å². The normalized spacial score (nSPS) is 12.1. The van der Waals surface area contributed by atoms with Gasteiger partial charge in [0.15, 0.2) is 0 Å². The van der Waals surface area contributed by atoms with Crippen molar-refractivity contribution in [1.82, 2.24) is 0 Å². The zero-order valence-corrected chi connectivity index (χ0v) is 16.7. The maximum absolute atomic E-state index is 5.52. The number of hydrogen-bond acceptors (Lipinski definition) is 2. The van der Waals surface area contributed by atoms with Crippen LogP contribution in [0, 0.1) is 6.92 Å². The third-order valence-corrected chi connectivity index (χ3v) is 5.59. The van der Waals surface area contributed by atoms with E-state index in [1.54, 1.807) is 14.2 Å². The Hall–Kier alpha value is -0.520. The first kappa shape index (κ1) is 16.8. The third kappa shape index (κ3) is 3.63. The minimum atomic E-state index is -0.0209. The second-order valence-electron chi connectivity index (χ2n) is 4.59. The fourth-order valence-electron chi connectivity index (χ4n) is 2.11. The van der Waals surface area contributed by atoms with Crippen LogP contribution in [0.3, 0.4) is 0 Å². The Morgan fingerprint density at radius 1 is 0.905 bits per heavy atom. The summed E-state index contributed by atoms with van der Waals surface area (Å²) in [5.41, 5.74) is 3.24. The van der Waals surface area contributed by atoms with E-state index in [1.807, 2.05) is 31.2 Å². The molecule has 0 radical (unpaired) electrons. The summed E-state index contributed by atoms with van der Waals surface area (Å²) in [5.74, 6) is 1.67. The largest absolute Gasteiger partial charge is 0.496 e. The maximum atomic E-state index is 5.52. The molecule has 2 aromatic rings. The van der Waals surface area contributed by atoms with Gasteiger partial charge in [-0.05, 0) is 36.8 Å². The zero-order chi connectivity index (χ0) is 15.6. The van der Waals surface area contributed by atoms with Gasteiger partial charge >= 0.3 is 0 Å². The number of methoxy groups -OCH3 is 2. The van der Waals surface area contributed by atoms with E-state index in [0.717, 1.165) is 37.1 Å². The lowest BCUT2D eigenvalue weighted by atomic mass is 10.0. The monoisotopic (exact) mass is 476 g/mol. The first-order valence-corrected chi connectivity index (χ1v) is 8.79. The Labute approximate surface area is 150 Å². The van der Waals surface area contributed by atoms with Gasteiger partial charge in [-0.2, -0.15) is 0 Å². The van der Waals surface area contributed by atoms with Crippen LogP contribution < -0.4 is 9.47 Å². The summed E-state index contributed by atoms with van der Waals surface area (Å²) in [5, 5.41) is 0. The SMILES string of the molecule is COc1cc(Br)ccc1C(Br)c1cc(Br)c(C)cc1OC. The van der Waals surface area contributed by atoms with Crippen molar-refractivity contribution in [2.24, 2.45) is 0 Å². The van der Waals surface area contributed by atoms with Crippen molar-refractivity contribution in [2.75, 3.05) is 14.2 Å². The van der Waals surface area contributed by atoms with E-state index >= 15 is 0 Å². The molecule has 1 atom stereocenters. The lowest BCUT2D eigenvalue weighted by Gasteiger charge is -2.18. The molecule has 0 heterocycles. The van der Waals surface area contributed by atoms with Crippen LogP contribution in [0.4, 0.5) is 0 Å². The lowest BCUT2D eigenvalue weighted by molar-refractivity contribution is 0.405. The summed E-state index contributed by atoms with van der Waals surface area (Å²) in [6.45, 7) is 2.04. The Morgan fingerprint density at radius 3 is 2.14 bits per heavy atom. The van der Waals surface area contributed by atoms with E-state index < -0.39 is 0 Å². The molecular formula is C16H15Br3O2. The Bertz CT molecular complexity index is 656. The first-order valence-electron chi connectivity index (χ1n) is 6.29. The Morgan fingerprint density at radius 2 is 1.52 bits per heavy atom. The molecule has 0 amide bonds. The average Bonchev–Trinajstić information content (AvgIpc) is 2.48. The number of ether oxygens (including phenoxy) is 2. The van der Waals surface area contributed by atoms with Crippen LogP contribution in [0.15, 0.2) is 39.3 Å². The van der Waals surface area contributed by atoms with Crippen molar-refractivity contribution in [3.8, 4) is 11.5 Å². The minimum absolute atomic E-state index is 0.0209. The van der Waals surface area contributed by atoms with Gasteiger partial charge in [-0.15, -0.1) is 0 Å². The van der Waals surface area contributed by atoms with Gasteiger partial charge in [0.1, 0.15) is 11.5 Å². The van der Waals surface area contributed by atoms with Crippen LogP contribution in [-0.4, -0.2) is 14.2 Å². The Balaban J connectivity index is 2.54. The molecule has 0 aliphatic carbocycles. The number of halogens is 3. The fraction of sp³-hybridized carbons (Fsp3) is 0.250. The van der Waals surface area contributed by atoms with E-state index in [2.05, 4.69) is 53.9 Å². The van der Waals surface area contributed by atoms with Crippen LogP contribution >= 0.6 is 47.8 Å². The lowest BCUT2D eigenvalue weighted by Crippen LogP contribution is -2.00. The molecule has 0 bridgehead atoms. The van der Waals surface area contributed by atoms with Crippen LogP contribution in [0.2, 0.25) is 0 Å². The second kappa shape index (κ2) is 7.16. The molecule has 0 fully saturated rings. The molecule has 2 aromatic carbocycles. The highest BCUT2D eigenvalue weighted by atomic mass is 79.9. The molecule has 0 spiro atoms. The Kier molecular flexibility index (Phi) is 5.74. The second-order valence-corrected chi connectivity index (χ2v) is 7.28. The maximum Gasteiger partial charge on any atom is 0.124 e. The van der Waals surface area contributed by atoms with Gasteiger partial charge < -0.3 is 9.47 Å². The summed E-state index contributed by atoms with van der Waals surface area (Å²) < 4.78 is 13.0. The molecule has 5 heteroatoms. The van der Waals surface area contributed by atoms with E-state index in [0.29, 0.717) is 0 Å². The molecular weight excluding hydrogens is 464 g/mol. The molecule has 2 nitrogen and oxygen atoms in total. The number of alkyl halides is 1. The predicted octanol–water partition coefficient (Wildman–Crippen LogP) is 6.02. The summed E-state index contributed by atoms with van der Waals surface area (Å²) in [6, 6.07) is 10.1. The fourth-order valence-corrected chi connectivity index (χ4v) is 3.54. The minimum Gasteiger partial charge on any atom is -0.496 e. The predicted molar refractivity (Wildman–Crippen MR) is 96.9 cm³/mol. The van der Waals surface area contributed by atoms with Crippen molar-refractivity contribution in [1.29, 1.82) is 0 Å². The van der Waals surface area contributed by atoms with Gasteiger partial charge in [-0.1, -0.05) is 53.9 Å². The summed E-state index contributed by atoms with van der Waals surface area (Å²) in [6.07, 6.45) is 0. The molecule has 0 aliphatic heterocycles. The average molecular weight is 479 g/mol. The van der Waals surface area contributed by atoms with E-state index in [9.17, 15) is 0 Å². The van der Waals surface area contributed by atoms with Crippen LogP contribution in [0.5, 0.6) is 11.5 Å². The van der Waals surface area contributed by atoms with Crippen molar-refractivity contribution in [3.05, 3.63) is 56.0 Å². The quantitative estimate of drug-likeness (QED) is 0.500. The number of aryl methyl sites for hydroxylation is 1. The topological polar surface area (TPSA) is 18.5 Å². The molecule has 112 valence electrons. The number of rotatable bonds is 4. The van der Waals surface area contributed by atoms with E-state index in [4.69, 9.17) is 9.47 Å². The molecule has 0 aromatic heterocycles. The third-order valence-electron chi connectivity index (χ3n) is 3.25. The van der Waals surface area contributed by atoms with Crippen LogP contribution in [-0.2, 0) is 0 Å². The highest BCUT2D eigenvalue weighted by Crippen LogP contribution is 2.43. The van der Waals surface area contributed by atoms with Crippen molar-refractivity contribution in [3.63, 3.8) is 0 Å². The summed E-state index contributed by atoms with van der Waals surface area (Å²) in [7, 11) is 3.36. The van der Waals surface area contributed by atoms with Gasteiger partial charge in [0.2, 0.25) is 0 Å². The standard InChI is InChI=1S/C16H15Br3O2/c1-9-6-14(20-2)12(8-13(9)18)16(19)11-5-4-10(17)7-15(11)21-3/h4-8,16H,1-3H3. The van der Waals surface area contributed by atoms with E-state index in [1.165, 1.54) is 0 Å². The van der Waals surface area contributed by atoms with Crippen LogP contribution in [0.1, 0.15) is 21.5 Å². The molecule has 2 rings (SSSR count). The first-order chi connectivity index (χ1) is 9.97. The van der Waals surface area contributed by atoms with Crippen molar-refractivity contribution >= 4 is 47.8 Å². The van der Waals surface area contributed by atoms with Gasteiger partial charge in [0.25, 0.3) is 0 Å². The van der Waals surface area contributed by atoms with Crippen molar-refractivity contribution < 1.29 is 9.47 Å². The van der Waals surface area contributed by atoms with Gasteiger partial charge in [0, 0.05) is 20.1 Å². The molecule has 0 saturated carbocycles. The smallest absolute Gasteiger partial charge is 0.124 e. The highest BCUT2D eigenvalue weighted by molar-refractivity contribution is 9.11. The molecule has 0 N–H and O–H groups in total. The molecule has 0 aliphatic rings. The zero-order valence-electron chi connectivity index (χ0n) is 11.9. The van der Waals surface area contributed by atoms with Gasteiger partial charge in [0.05, 0.1) is 19.0 Å². The summed E-state index contributed by atoms with van der Waals surface area (Å²) in [4.78, 5) is -0.0209. The highest BCUT2D eigenvalue weighted by Gasteiger charge is 2.20. The van der Waals surface area contributed by atoms with Gasteiger partial charge in [-0.3, -0.25) is 0 Å². The van der Waals surface area contributed by atoms with Crippen molar-refractivity contribution in [2.45, 2.75) is 11.8 Å². The number of benzene rings is 2. The summed E-state index contributed by atoms with van der Waals surface area (Å²) >= 11 is 10.8.